The summed E-state index contributed by atoms with van der Waals surface area (Å²) < 4.78 is 2.18. The highest BCUT2D eigenvalue weighted by molar-refractivity contribution is 6.21. The first kappa shape index (κ1) is 26.4. The number of hydrogen-bond donors (Lipinski definition) is 0. The summed E-state index contributed by atoms with van der Waals surface area (Å²) in [4.78, 5) is 25.6. The Bertz CT molecular complexity index is 2550. The molecule has 0 fully saturated rings. The molecule has 0 saturated carbocycles. The summed E-state index contributed by atoms with van der Waals surface area (Å²) in [6, 6.07) is 41.4. The number of nitrogens with zero attached hydrogens (tertiary/aromatic N) is 6. The van der Waals surface area contributed by atoms with Gasteiger partial charge in [0.05, 0.1) is 16.4 Å². The van der Waals surface area contributed by atoms with E-state index in [0.717, 1.165) is 38.1 Å². The van der Waals surface area contributed by atoms with E-state index in [1.165, 1.54) is 16.2 Å². The zero-order valence-corrected chi connectivity index (χ0v) is 25.4. The lowest BCUT2D eigenvalue weighted by molar-refractivity contribution is 0.723. The molecule has 1 aliphatic rings. The normalized spacial score (nSPS) is 13.5. The quantitative estimate of drug-likeness (QED) is 0.212. The topological polar surface area (TPSA) is 69.4 Å². The van der Waals surface area contributed by atoms with E-state index in [0.29, 0.717) is 29.1 Å². The molecular weight excluding hydrogens is 564 g/mol. The molecule has 0 saturated heterocycles. The molecule has 6 nitrogen and oxygen atoms in total. The van der Waals surface area contributed by atoms with Gasteiger partial charge in [0.25, 0.3) is 0 Å². The van der Waals surface area contributed by atoms with Crippen molar-refractivity contribution in [3.8, 4) is 40.2 Å². The number of para-hydroxylation sites is 1. The fraction of sp³-hybridized carbons (Fsp3) is 0.0750. The van der Waals surface area contributed by atoms with Gasteiger partial charge >= 0.3 is 0 Å². The van der Waals surface area contributed by atoms with Crippen molar-refractivity contribution in [2.45, 2.75) is 13.8 Å². The van der Waals surface area contributed by atoms with Crippen molar-refractivity contribution in [3.05, 3.63) is 132 Å². The summed E-state index contributed by atoms with van der Waals surface area (Å²) in [5.41, 5.74) is 4.41. The van der Waals surface area contributed by atoms with Crippen molar-refractivity contribution in [2.24, 2.45) is 5.41 Å². The van der Waals surface area contributed by atoms with Gasteiger partial charge in [-0.3, -0.25) is 4.57 Å². The standard InChI is InChI=1S/C40H28N6/c1-40(2)23-30-31(24-40)41-39(46-32-20-12-11-19-29(32)34-28-18-10-9-13-25(28)21-22-33(34)46)42-35(30)38-44-36(26-14-5-3-6-15-26)43-37(45-38)27-16-7-4-8-17-27/h3-24H,1-2H3. The minimum Gasteiger partial charge on any atom is -0.278 e. The van der Waals surface area contributed by atoms with E-state index in [2.05, 4.69) is 91.2 Å². The molecule has 218 valence electrons. The summed E-state index contributed by atoms with van der Waals surface area (Å²) in [7, 11) is 0. The summed E-state index contributed by atoms with van der Waals surface area (Å²) in [5, 5.41) is 6.56. The molecule has 3 heterocycles. The number of aromatic nitrogens is 6. The van der Waals surface area contributed by atoms with Crippen LogP contribution in [0.3, 0.4) is 0 Å². The van der Waals surface area contributed by atoms with E-state index >= 15 is 0 Å². The van der Waals surface area contributed by atoms with Crippen LogP contribution in [0.4, 0.5) is 0 Å². The van der Waals surface area contributed by atoms with Gasteiger partial charge in [0.2, 0.25) is 5.95 Å². The van der Waals surface area contributed by atoms with Gasteiger partial charge in [0, 0.05) is 32.5 Å². The predicted molar refractivity (Wildman–Crippen MR) is 186 cm³/mol. The first-order valence-corrected chi connectivity index (χ1v) is 15.4. The lowest BCUT2D eigenvalue weighted by Crippen LogP contribution is -2.31. The predicted octanol–water partition coefficient (Wildman–Crippen LogP) is 7.51. The zero-order valence-electron chi connectivity index (χ0n) is 25.4. The van der Waals surface area contributed by atoms with Crippen LogP contribution >= 0.6 is 0 Å². The van der Waals surface area contributed by atoms with Gasteiger partial charge < -0.3 is 0 Å². The van der Waals surface area contributed by atoms with Gasteiger partial charge in [-0.25, -0.2) is 24.9 Å². The van der Waals surface area contributed by atoms with E-state index in [1.807, 2.05) is 60.7 Å². The largest absolute Gasteiger partial charge is 0.278 e. The molecule has 0 N–H and O–H groups in total. The second kappa shape index (κ2) is 10.0. The number of benzene rings is 5. The van der Waals surface area contributed by atoms with Crippen molar-refractivity contribution in [1.82, 2.24) is 29.5 Å². The molecule has 46 heavy (non-hydrogen) atoms. The molecule has 9 rings (SSSR count). The van der Waals surface area contributed by atoms with E-state index in [1.54, 1.807) is 0 Å². The van der Waals surface area contributed by atoms with Gasteiger partial charge in [-0.05, 0) is 29.0 Å². The molecule has 8 aromatic rings. The van der Waals surface area contributed by atoms with Crippen LogP contribution < -0.4 is 10.6 Å². The van der Waals surface area contributed by atoms with Crippen molar-refractivity contribution in [2.75, 3.05) is 0 Å². The summed E-state index contributed by atoms with van der Waals surface area (Å²) >= 11 is 0. The fourth-order valence-corrected chi connectivity index (χ4v) is 6.63. The highest BCUT2D eigenvalue weighted by Crippen LogP contribution is 2.36. The monoisotopic (exact) mass is 592 g/mol. The first-order chi connectivity index (χ1) is 22.5. The Labute approximate surface area is 265 Å². The SMILES string of the molecule is CC1(C)C=c2nc(-n3c4ccccc4c4c5ccccc5ccc43)nc(-c3nc(-c4ccccc4)nc(-c4ccccc4)n3)c2=C1. The van der Waals surface area contributed by atoms with Crippen LogP contribution in [0, 0.1) is 5.41 Å². The maximum absolute atomic E-state index is 5.32. The van der Waals surface area contributed by atoms with Gasteiger partial charge in [0.1, 0.15) is 5.69 Å². The average molecular weight is 593 g/mol. The third kappa shape index (κ3) is 4.22. The second-order valence-corrected chi connectivity index (χ2v) is 12.4. The van der Waals surface area contributed by atoms with Crippen LogP contribution in [0.15, 0.2) is 121 Å². The Hall–Kier alpha value is -6.01. The van der Waals surface area contributed by atoms with Crippen molar-refractivity contribution < 1.29 is 0 Å². The van der Waals surface area contributed by atoms with Crippen LogP contribution in [-0.4, -0.2) is 29.5 Å². The Balaban J connectivity index is 1.37. The molecule has 0 radical (unpaired) electrons. The lowest BCUT2D eigenvalue weighted by Gasteiger charge is -2.11. The smallest absolute Gasteiger partial charge is 0.235 e. The van der Waals surface area contributed by atoms with Crippen LogP contribution in [0.2, 0.25) is 0 Å². The minimum absolute atomic E-state index is 0.209. The van der Waals surface area contributed by atoms with Crippen molar-refractivity contribution in [1.29, 1.82) is 0 Å². The van der Waals surface area contributed by atoms with Gasteiger partial charge in [-0.2, -0.15) is 0 Å². The Morgan fingerprint density at radius 1 is 0.500 bits per heavy atom. The third-order valence-electron chi connectivity index (χ3n) is 8.66. The Morgan fingerprint density at radius 3 is 1.83 bits per heavy atom. The highest BCUT2D eigenvalue weighted by Gasteiger charge is 2.24. The minimum atomic E-state index is -0.209. The van der Waals surface area contributed by atoms with E-state index < -0.39 is 0 Å². The number of fused-ring (bicyclic) bond motifs is 6. The number of hydrogen-bond acceptors (Lipinski definition) is 5. The molecule has 0 unspecified atom stereocenters. The van der Waals surface area contributed by atoms with Crippen LogP contribution in [0.25, 0.3) is 85.0 Å². The Morgan fingerprint density at radius 2 is 1.11 bits per heavy atom. The molecule has 1 aliphatic carbocycles. The molecule has 0 bridgehead atoms. The summed E-state index contributed by atoms with van der Waals surface area (Å²) in [5.74, 6) is 2.30. The third-order valence-corrected chi connectivity index (χ3v) is 8.66. The van der Waals surface area contributed by atoms with E-state index in [-0.39, 0.29) is 5.41 Å². The fourth-order valence-electron chi connectivity index (χ4n) is 6.63. The molecule has 3 aromatic heterocycles. The van der Waals surface area contributed by atoms with E-state index in [9.17, 15) is 0 Å². The molecule has 0 atom stereocenters. The summed E-state index contributed by atoms with van der Waals surface area (Å²) in [6.45, 7) is 4.37. The van der Waals surface area contributed by atoms with Crippen LogP contribution in [0.5, 0.6) is 0 Å². The molecule has 5 aromatic carbocycles. The summed E-state index contributed by atoms with van der Waals surface area (Å²) in [6.07, 6.45) is 4.42. The Kier molecular flexibility index (Phi) is 5.74. The number of rotatable bonds is 4. The molecule has 0 aliphatic heterocycles. The molecule has 6 heteroatoms. The van der Waals surface area contributed by atoms with Crippen molar-refractivity contribution >= 4 is 44.7 Å². The molecule has 0 amide bonds. The van der Waals surface area contributed by atoms with Crippen LogP contribution in [0.1, 0.15) is 13.8 Å². The first-order valence-electron chi connectivity index (χ1n) is 15.4. The lowest BCUT2D eigenvalue weighted by atomic mass is 9.96. The molecular formula is C40H28N6. The highest BCUT2D eigenvalue weighted by atomic mass is 15.2. The van der Waals surface area contributed by atoms with Crippen LogP contribution in [-0.2, 0) is 0 Å². The second-order valence-electron chi connectivity index (χ2n) is 12.4. The maximum Gasteiger partial charge on any atom is 0.235 e. The van der Waals surface area contributed by atoms with E-state index in [4.69, 9.17) is 24.9 Å². The maximum atomic E-state index is 5.32. The average Bonchev–Trinajstić information content (AvgIpc) is 3.61. The van der Waals surface area contributed by atoms with Gasteiger partial charge in [0.15, 0.2) is 17.5 Å². The van der Waals surface area contributed by atoms with Crippen molar-refractivity contribution in [3.63, 3.8) is 0 Å². The molecule has 0 spiro atoms. The van der Waals surface area contributed by atoms with Gasteiger partial charge in [-0.1, -0.05) is 129 Å². The van der Waals surface area contributed by atoms with Gasteiger partial charge in [-0.15, -0.1) is 0 Å². The zero-order chi connectivity index (χ0) is 30.8.